The molecule has 1 unspecified atom stereocenters. The van der Waals surface area contributed by atoms with Gasteiger partial charge in [-0.1, -0.05) is 48.0 Å². The highest BCUT2D eigenvalue weighted by Gasteiger charge is 2.30. The summed E-state index contributed by atoms with van der Waals surface area (Å²) in [7, 11) is 0. The summed E-state index contributed by atoms with van der Waals surface area (Å²) in [6, 6.07) is 17.1. The zero-order chi connectivity index (χ0) is 21.6. The van der Waals surface area contributed by atoms with E-state index >= 15 is 0 Å². The summed E-state index contributed by atoms with van der Waals surface area (Å²) < 4.78 is 11.3. The minimum atomic E-state index is -0.961. The maximum absolute atomic E-state index is 12.6. The van der Waals surface area contributed by atoms with Crippen LogP contribution in [-0.4, -0.2) is 22.9 Å². The summed E-state index contributed by atoms with van der Waals surface area (Å²) in [5.74, 6) is -0.00208. The third-order valence-electron chi connectivity index (χ3n) is 4.82. The normalized spacial score (nSPS) is 14.0. The van der Waals surface area contributed by atoms with Crippen LogP contribution in [0.5, 0.6) is 5.75 Å². The Morgan fingerprint density at radius 1 is 1.13 bits per heavy atom. The van der Waals surface area contributed by atoms with Crippen LogP contribution >= 0.6 is 11.3 Å². The molecule has 4 rings (SSSR count). The predicted molar refractivity (Wildman–Crippen MR) is 118 cm³/mol. The topological polar surface area (TPSA) is 77.5 Å². The molecule has 2 aromatic carbocycles. The van der Waals surface area contributed by atoms with Crippen molar-refractivity contribution in [3.63, 3.8) is 0 Å². The lowest BCUT2D eigenvalue weighted by molar-refractivity contribution is -0.156. The van der Waals surface area contributed by atoms with Gasteiger partial charge in [0.25, 0.3) is 5.91 Å². The zero-order valence-corrected chi connectivity index (χ0v) is 18.1. The Bertz CT molecular complexity index is 1030. The molecule has 1 aliphatic rings. The third-order valence-corrected chi connectivity index (χ3v) is 5.69. The van der Waals surface area contributed by atoms with Crippen LogP contribution in [0, 0.1) is 6.92 Å². The molecule has 0 radical (unpaired) electrons. The van der Waals surface area contributed by atoms with E-state index in [-0.39, 0.29) is 18.4 Å². The first-order valence-corrected chi connectivity index (χ1v) is 11.1. The molecule has 1 amide bonds. The van der Waals surface area contributed by atoms with E-state index in [9.17, 15) is 9.59 Å². The molecule has 6 nitrogen and oxygen atoms in total. The number of carbonyl (C=O) groups excluding carboxylic acids is 2. The molecule has 1 N–H and O–H groups in total. The van der Waals surface area contributed by atoms with E-state index in [1.165, 1.54) is 16.9 Å². The van der Waals surface area contributed by atoms with Crippen molar-refractivity contribution < 1.29 is 19.1 Å². The molecule has 1 saturated carbocycles. The van der Waals surface area contributed by atoms with Gasteiger partial charge >= 0.3 is 5.97 Å². The highest BCUT2D eigenvalue weighted by atomic mass is 32.1. The molecule has 1 heterocycles. The lowest BCUT2D eigenvalue weighted by Gasteiger charge is -2.17. The number of amides is 1. The summed E-state index contributed by atoms with van der Waals surface area (Å²) in [5, 5.41) is 5.50. The van der Waals surface area contributed by atoms with E-state index in [1.807, 2.05) is 54.8 Å². The molecule has 0 saturated heterocycles. The van der Waals surface area contributed by atoms with Crippen LogP contribution < -0.4 is 10.1 Å². The van der Waals surface area contributed by atoms with Crippen LogP contribution in [0.1, 0.15) is 40.8 Å². The number of esters is 1. The lowest BCUT2D eigenvalue weighted by Crippen LogP contribution is -2.33. The van der Waals surface area contributed by atoms with Crippen molar-refractivity contribution in [3.8, 4) is 5.75 Å². The average molecular weight is 437 g/mol. The number of rotatable bonds is 9. The minimum Gasteiger partial charge on any atom is -0.486 e. The number of aromatic nitrogens is 1. The standard InChI is InChI=1S/C24H24N2O4S/c1-16-7-11-20(12-8-16)29-14-21-25-19(15-31-21)13-22(27)30-23(17-5-3-2-4-6-17)24(28)26-18-9-10-18/h2-8,11-12,15,18,23H,9-10,13-14H2,1H3,(H,26,28). The van der Waals surface area contributed by atoms with Crippen LogP contribution in [0.4, 0.5) is 0 Å². The van der Waals surface area contributed by atoms with Gasteiger partial charge in [-0.05, 0) is 31.9 Å². The fourth-order valence-electron chi connectivity index (χ4n) is 3.00. The molecule has 1 aromatic heterocycles. The van der Waals surface area contributed by atoms with E-state index in [0.717, 1.165) is 23.6 Å². The molecular formula is C24H24N2O4S. The average Bonchev–Trinajstić information content (AvgIpc) is 3.48. The van der Waals surface area contributed by atoms with Crippen molar-refractivity contribution in [2.24, 2.45) is 0 Å². The summed E-state index contributed by atoms with van der Waals surface area (Å²) in [5.41, 5.74) is 2.42. The van der Waals surface area contributed by atoms with Gasteiger partial charge in [0.2, 0.25) is 6.10 Å². The fourth-order valence-corrected chi connectivity index (χ4v) is 3.71. The number of hydrogen-bond acceptors (Lipinski definition) is 6. The Kier molecular flexibility index (Phi) is 6.62. The first kappa shape index (κ1) is 21.1. The summed E-state index contributed by atoms with van der Waals surface area (Å²) >= 11 is 1.43. The van der Waals surface area contributed by atoms with E-state index in [4.69, 9.17) is 9.47 Å². The van der Waals surface area contributed by atoms with Gasteiger partial charge in [0.05, 0.1) is 12.1 Å². The van der Waals surface area contributed by atoms with Gasteiger partial charge in [-0.25, -0.2) is 4.98 Å². The van der Waals surface area contributed by atoms with Crippen molar-refractivity contribution in [3.05, 3.63) is 81.8 Å². The molecule has 1 fully saturated rings. The van der Waals surface area contributed by atoms with Gasteiger partial charge in [-0.3, -0.25) is 9.59 Å². The summed E-state index contributed by atoms with van der Waals surface area (Å²) in [6.45, 7) is 2.35. The monoisotopic (exact) mass is 436 g/mol. The second-order valence-corrected chi connectivity index (χ2v) is 8.52. The van der Waals surface area contributed by atoms with Crippen molar-refractivity contribution in [1.29, 1.82) is 0 Å². The van der Waals surface area contributed by atoms with Gasteiger partial charge in [0, 0.05) is 17.0 Å². The van der Waals surface area contributed by atoms with Crippen molar-refractivity contribution >= 4 is 23.2 Å². The SMILES string of the molecule is Cc1ccc(OCc2nc(CC(=O)OC(C(=O)NC3CC3)c3ccccc3)cs2)cc1. The molecule has 0 bridgehead atoms. The van der Waals surface area contributed by atoms with Gasteiger partial charge in [-0.2, -0.15) is 0 Å². The first-order chi connectivity index (χ1) is 15.1. The quantitative estimate of drug-likeness (QED) is 0.510. The number of benzene rings is 2. The van der Waals surface area contributed by atoms with Crippen LogP contribution in [0.2, 0.25) is 0 Å². The van der Waals surface area contributed by atoms with Crippen molar-refractivity contribution in [2.45, 2.75) is 44.9 Å². The minimum absolute atomic E-state index is 0.00107. The number of carbonyl (C=O) groups is 2. The molecule has 1 atom stereocenters. The second-order valence-electron chi connectivity index (χ2n) is 7.57. The smallest absolute Gasteiger partial charge is 0.313 e. The molecule has 31 heavy (non-hydrogen) atoms. The Morgan fingerprint density at radius 2 is 1.87 bits per heavy atom. The lowest BCUT2D eigenvalue weighted by atomic mass is 10.1. The molecular weight excluding hydrogens is 412 g/mol. The first-order valence-electron chi connectivity index (χ1n) is 10.2. The van der Waals surface area contributed by atoms with Crippen LogP contribution in [0.3, 0.4) is 0 Å². The molecule has 0 aliphatic heterocycles. The number of hydrogen-bond donors (Lipinski definition) is 1. The van der Waals surface area contributed by atoms with Crippen molar-refractivity contribution in [2.75, 3.05) is 0 Å². The number of ether oxygens (including phenoxy) is 2. The maximum atomic E-state index is 12.6. The Labute approximate surface area is 185 Å². The maximum Gasteiger partial charge on any atom is 0.313 e. The largest absolute Gasteiger partial charge is 0.486 e. The Balaban J connectivity index is 1.34. The van der Waals surface area contributed by atoms with Crippen LogP contribution in [0.15, 0.2) is 60.0 Å². The number of nitrogens with zero attached hydrogens (tertiary/aromatic N) is 1. The van der Waals surface area contributed by atoms with Gasteiger partial charge < -0.3 is 14.8 Å². The van der Waals surface area contributed by atoms with Gasteiger partial charge in [0.15, 0.2) is 0 Å². The van der Waals surface area contributed by atoms with E-state index in [1.54, 1.807) is 12.1 Å². The molecule has 7 heteroatoms. The van der Waals surface area contributed by atoms with Crippen LogP contribution in [-0.2, 0) is 27.4 Å². The van der Waals surface area contributed by atoms with Gasteiger partial charge in [0.1, 0.15) is 17.4 Å². The third kappa shape index (κ3) is 6.15. The summed E-state index contributed by atoms with van der Waals surface area (Å²) in [4.78, 5) is 29.6. The predicted octanol–water partition coefficient (Wildman–Crippen LogP) is 4.14. The van der Waals surface area contributed by atoms with Gasteiger partial charge in [-0.15, -0.1) is 11.3 Å². The van der Waals surface area contributed by atoms with E-state index in [0.29, 0.717) is 17.9 Å². The van der Waals surface area contributed by atoms with Crippen LogP contribution in [0.25, 0.3) is 0 Å². The van der Waals surface area contributed by atoms with E-state index < -0.39 is 12.1 Å². The highest BCUT2D eigenvalue weighted by Crippen LogP contribution is 2.24. The summed E-state index contributed by atoms with van der Waals surface area (Å²) in [6.07, 6.45) is 0.972. The zero-order valence-electron chi connectivity index (χ0n) is 17.2. The molecule has 3 aromatic rings. The number of thiazole rings is 1. The fraction of sp³-hybridized carbons (Fsp3) is 0.292. The van der Waals surface area contributed by atoms with Crippen molar-refractivity contribution in [1.82, 2.24) is 10.3 Å². The van der Waals surface area contributed by atoms with E-state index in [2.05, 4.69) is 10.3 Å². The Hall–Kier alpha value is -3.19. The highest BCUT2D eigenvalue weighted by molar-refractivity contribution is 7.09. The second kappa shape index (κ2) is 9.75. The molecule has 0 spiro atoms. The number of aryl methyl sites for hydroxylation is 1. The number of nitrogens with one attached hydrogen (secondary N) is 1. The molecule has 1 aliphatic carbocycles. The Morgan fingerprint density at radius 3 is 2.58 bits per heavy atom. The molecule has 160 valence electrons.